The lowest BCUT2D eigenvalue weighted by molar-refractivity contribution is -0.193. The highest BCUT2D eigenvalue weighted by Crippen LogP contribution is 2.12. The van der Waals surface area contributed by atoms with Gasteiger partial charge < -0.3 is 14.9 Å². The van der Waals surface area contributed by atoms with E-state index in [9.17, 15) is 8.78 Å². The number of ether oxygens (including phenoxy) is 1. The highest BCUT2D eigenvalue weighted by Gasteiger charge is 2.04. The maximum Gasteiger partial charge on any atom is 0.373 e. The van der Waals surface area contributed by atoms with Gasteiger partial charge in [-0.25, -0.2) is 8.78 Å². The molecule has 0 unspecified atom stereocenters. The molecular formula is C20H22F2O7. The summed E-state index contributed by atoms with van der Waals surface area (Å²) in [7, 11) is 0. The highest BCUT2D eigenvalue weighted by atomic mass is 19.1. The fraction of sp³-hybridized carbons (Fsp3) is 0.300. The van der Waals surface area contributed by atoms with E-state index in [4.69, 9.17) is 34.1 Å². The smallest absolute Gasteiger partial charge is 0.373 e. The first-order valence-electron chi connectivity index (χ1n) is 8.27. The topological polar surface area (TPSA) is 118 Å². The Balaban J connectivity index is 0. The van der Waals surface area contributed by atoms with E-state index < -0.39 is 5.82 Å². The zero-order valence-corrected chi connectivity index (χ0v) is 15.6. The van der Waals surface area contributed by atoms with Crippen molar-refractivity contribution < 1.29 is 42.9 Å². The molecule has 1 aliphatic rings. The molecule has 1 aliphatic heterocycles. The quantitative estimate of drug-likeness (QED) is 0.777. The molecule has 0 aromatic heterocycles. The van der Waals surface area contributed by atoms with Crippen LogP contribution in [0.2, 0.25) is 0 Å². The van der Waals surface area contributed by atoms with Crippen LogP contribution < -0.4 is 0 Å². The molecule has 2 aromatic rings. The minimum Gasteiger partial charge on any atom is -0.392 e. The van der Waals surface area contributed by atoms with E-state index >= 15 is 0 Å². The Bertz CT molecular complexity index is 688. The second-order valence-electron chi connectivity index (χ2n) is 4.98. The second-order valence-corrected chi connectivity index (χ2v) is 4.98. The first-order valence-corrected chi connectivity index (χ1v) is 8.27. The fourth-order valence-electron chi connectivity index (χ4n) is 1.85. The van der Waals surface area contributed by atoms with Crippen molar-refractivity contribution in [1.29, 1.82) is 0 Å². The predicted molar refractivity (Wildman–Crippen MR) is 94.7 cm³/mol. The van der Waals surface area contributed by atoms with Gasteiger partial charge in [-0.1, -0.05) is 30.3 Å². The van der Waals surface area contributed by atoms with Crippen molar-refractivity contribution >= 4 is 12.3 Å². The van der Waals surface area contributed by atoms with E-state index in [-0.39, 0.29) is 36.9 Å². The minimum absolute atomic E-state index is 0.176. The monoisotopic (exact) mass is 412 g/mol. The molecule has 2 aromatic carbocycles. The van der Waals surface area contributed by atoms with Crippen LogP contribution in [0, 0.1) is 11.6 Å². The third kappa shape index (κ3) is 16.8. The van der Waals surface area contributed by atoms with Crippen molar-refractivity contribution in [2.24, 2.45) is 0 Å². The lowest BCUT2D eigenvalue weighted by Gasteiger charge is -2.03. The van der Waals surface area contributed by atoms with Crippen molar-refractivity contribution in [3.8, 4) is 0 Å². The van der Waals surface area contributed by atoms with Crippen LogP contribution >= 0.6 is 0 Å². The first-order chi connectivity index (χ1) is 14.0. The summed E-state index contributed by atoms with van der Waals surface area (Å²) in [5.74, 6) is -0.651. The first kappa shape index (κ1) is 28.2. The van der Waals surface area contributed by atoms with E-state index in [2.05, 4.69) is 0 Å². The average Bonchev–Trinajstić information content (AvgIpc) is 3.30. The molecule has 1 fully saturated rings. The van der Waals surface area contributed by atoms with Gasteiger partial charge in [-0.15, -0.1) is 0 Å². The number of hydrogen-bond donors (Lipinski definition) is 2. The Morgan fingerprint density at radius 1 is 0.793 bits per heavy atom. The van der Waals surface area contributed by atoms with E-state index in [0.29, 0.717) is 5.56 Å². The molecule has 0 atom stereocenters. The van der Waals surface area contributed by atoms with Crippen LogP contribution in [-0.4, -0.2) is 35.7 Å². The highest BCUT2D eigenvalue weighted by molar-refractivity contribution is 5.27. The van der Waals surface area contributed by atoms with Gasteiger partial charge in [0.05, 0.1) is 13.2 Å². The van der Waals surface area contributed by atoms with Crippen LogP contribution in [0.15, 0.2) is 48.5 Å². The lowest BCUT2D eigenvalue weighted by Crippen LogP contribution is -1.97. The fourth-order valence-corrected chi connectivity index (χ4v) is 1.85. The Hall–Kier alpha value is -3.06. The van der Waals surface area contributed by atoms with Crippen molar-refractivity contribution in [1.82, 2.24) is 0 Å². The molecule has 0 aliphatic carbocycles. The van der Waals surface area contributed by atoms with E-state index in [1.54, 1.807) is 24.3 Å². The number of rotatable bonds is 2. The van der Waals surface area contributed by atoms with Gasteiger partial charge in [0.1, 0.15) is 11.6 Å². The van der Waals surface area contributed by atoms with Crippen LogP contribution in [0.4, 0.5) is 8.78 Å². The zero-order chi connectivity index (χ0) is 22.3. The molecule has 0 spiro atoms. The second kappa shape index (κ2) is 21.2. The van der Waals surface area contributed by atoms with Crippen molar-refractivity contribution in [3.63, 3.8) is 0 Å². The number of aliphatic hydroxyl groups is 2. The molecule has 1 saturated heterocycles. The molecular weight excluding hydrogens is 390 g/mol. The van der Waals surface area contributed by atoms with Gasteiger partial charge in [0.25, 0.3) is 0 Å². The van der Waals surface area contributed by atoms with Crippen LogP contribution in [0.3, 0.4) is 0 Å². The maximum atomic E-state index is 12.8. The van der Waals surface area contributed by atoms with Gasteiger partial charge >= 0.3 is 12.3 Å². The normalized spacial score (nSPS) is 10.6. The predicted octanol–water partition coefficient (Wildman–Crippen LogP) is 2.27. The number of aliphatic hydroxyl groups excluding tert-OH is 2. The molecule has 3 rings (SSSR count). The third-order valence-electron chi connectivity index (χ3n) is 3.10. The van der Waals surface area contributed by atoms with Crippen LogP contribution in [0.1, 0.15) is 24.0 Å². The van der Waals surface area contributed by atoms with Gasteiger partial charge in [0.15, 0.2) is 0 Å². The summed E-state index contributed by atoms with van der Waals surface area (Å²) in [6, 6.07) is 12.3. The molecule has 29 heavy (non-hydrogen) atoms. The van der Waals surface area contributed by atoms with Gasteiger partial charge in [0.2, 0.25) is 0 Å². The molecule has 0 bridgehead atoms. The molecule has 0 amide bonds. The molecule has 9 heteroatoms. The van der Waals surface area contributed by atoms with E-state index in [0.717, 1.165) is 13.2 Å². The molecule has 158 valence electrons. The Morgan fingerprint density at radius 3 is 1.59 bits per heavy atom. The number of benzene rings is 2. The summed E-state index contributed by atoms with van der Waals surface area (Å²) in [4.78, 5) is 32.5. The van der Waals surface area contributed by atoms with Crippen LogP contribution in [0.25, 0.3) is 0 Å². The van der Waals surface area contributed by atoms with Crippen LogP contribution in [-0.2, 0) is 37.1 Å². The minimum atomic E-state index is -0.473. The number of halogens is 2. The summed E-state index contributed by atoms with van der Waals surface area (Å²) in [6.07, 6.45) is 3.06. The van der Waals surface area contributed by atoms with E-state index in [1.807, 2.05) is 0 Å². The number of hydrogen-bond acceptors (Lipinski definition) is 7. The summed E-state index contributed by atoms with van der Waals surface area (Å²) >= 11 is 0. The van der Waals surface area contributed by atoms with Crippen molar-refractivity contribution in [3.05, 3.63) is 71.3 Å². The molecule has 2 N–H and O–H groups in total. The summed E-state index contributed by atoms with van der Waals surface area (Å²) in [5, 5.41) is 17.4. The van der Waals surface area contributed by atoms with Crippen molar-refractivity contribution in [2.45, 2.75) is 26.1 Å². The molecule has 0 saturated carbocycles. The summed E-state index contributed by atoms with van der Waals surface area (Å²) < 4.78 is 29.6. The Labute approximate surface area is 166 Å². The summed E-state index contributed by atoms with van der Waals surface area (Å²) in [6.45, 7) is 1.39. The third-order valence-corrected chi connectivity index (χ3v) is 3.10. The lowest BCUT2D eigenvalue weighted by atomic mass is 10.1. The molecule has 1 heterocycles. The Morgan fingerprint density at radius 2 is 1.31 bits per heavy atom. The largest absolute Gasteiger partial charge is 0.392 e. The molecule has 7 nitrogen and oxygen atoms in total. The van der Waals surface area contributed by atoms with E-state index in [1.165, 1.54) is 37.1 Å². The average molecular weight is 412 g/mol. The van der Waals surface area contributed by atoms with Crippen LogP contribution in [0.5, 0.6) is 0 Å². The van der Waals surface area contributed by atoms with Gasteiger partial charge in [-0.3, -0.25) is 0 Å². The number of carbonyl (C=O) groups excluding carboxylic acids is 4. The molecule has 0 radical (unpaired) electrons. The zero-order valence-electron chi connectivity index (χ0n) is 15.6. The SMILES string of the molecule is C1CCOC1.Fc1ccccc1.O=C=O.O=C=O.OCc1cccc(F)c1CO. The maximum absolute atomic E-state index is 12.8. The van der Waals surface area contributed by atoms with Gasteiger partial charge in [-0.05, 0) is 36.6 Å². The standard InChI is InChI=1S/C8H9FO2.C6H5F.C4H8O.2CO2/c9-8-3-1-2-6(4-10)7(8)5-11;7-6-4-2-1-3-5-6;1-2-4-5-3-1;2*2-1-3/h1-3,10-11H,4-5H2;1-5H;1-4H2;;. The Kier molecular flexibility index (Phi) is 20.6. The van der Waals surface area contributed by atoms with Crippen molar-refractivity contribution in [2.75, 3.05) is 13.2 Å². The van der Waals surface area contributed by atoms with Gasteiger partial charge in [-0.2, -0.15) is 19.2 Å². The van der Waals surface area contributed by atoms with Gasteiger partial charge in [0, 0.05) is 18.8 Å². The summed E-state index contributed by atoms with van der Waals surface area (Å²) in [5.41, 5.74) is 0.613.